The highest BCUT2D eigenvalue weighted by Crippen LogP contribution is 2.44. The highest BCUT2D eigenvalue weighted by molar-refractivity contribution is 5.97. The van der Waals surface area contributed by atoms with Crippen LogP contribution in [-0.2, 0) is 16.0 Å². The monoisotopic (exact) mass is 399 g/mol. The minimum atomic E-state index is -2.90. The minimum Gasteiger partial charge on any atom is -0.454 e. The molecule has 7 nitrogen and oxygen atoms in total. The van der Waals surface area contributed by atoms with Crippen molar-refractivity contribution in [3.63, 3.8) is 0 Å². The number of aromatic amines is 1. The molecule has 0 bridgehead atoms. The molecule has 2 aromatic carbocycles. The van der Waals surface area contributed by atoms with Gasteiger partial charge in [-0.1, -0.05) is 24.2 Å². The SMILES string of the molecule is [2H]c1c([2H])c([C@]2([2H])c3[nH]c4c([2H])c([2H])c([2H])c([2H])c4c3C[C@@H]3C(=O)N(C)C([2H])([2H])C(=O)N32)c([2H])c2c1OCO2. The molecule has 1 N–H and O–H groups in total. The summed E-state index contributed by atoms with van der Waals surface area (Å²) >= 11 is 0. The van der Waals surface area contributed by atoms with Gasteiger partial charge in [-0.05, 0) is 29.3 Å². The van der Waals surface area contributed by atoms with E-state index in [1.807, 2.05) is 0 Å². The quantitative estimate of drug-likeness (QED) is 0.681. The first-order valence-corrected chi connectivity index (χ1v) is 8.79. The van der Waals surface area contributed by atoms with Gasteiger partial charge < -0.3 is 24.3 Å². The van der Waals surface area contributed by atoms with Crippen molar-refractivity contribution in [1.82, 2.24) is 14.8 Å². The number of ether oxygens (including phenoxy) is 2. The first kappa shape index (κ1) is 9.35. The maximum atomic E-state index is 13.7. The number of aromatic nitrogens is 1. The van der Waals surface area contributed by atoms with Gasteiger partial charge in [0, 0.05) is 30.1 Å². The van der Waals surface area contributed by atoms with Crippen molar-refractivity contribution in [2.75, 3.05) is 20.3 Å². The molecule has 0 aliphatic carbocycles. The number of rotatable bonds is 1. The van der Waals surface area contributed by atoms with Crippen molar-refractivity contribution in [2.24, 2.45) is 0 Å². The first-order chi connectivity index (χ1) is 18.2. The zero-order valence-electron chi connectivity index (χ0n) is 25.0. The summed E-state index contributed by atoms with van der Waals surface area (Å²) in [7, 11) is 1.09. The van der Waals surface area contributed by atoms with E-state index in [0.717, 1.165) is 7.05 Å². The number of amides is 2. The van der Waals surface area contributed by atoms with Crippen molar-refractivity contribution in [3.05, 3.63) is 59.1 Å². The van der Waals surface area contributed by atoms with Gasteiger partial charge >= 0.3 is 0 Å². The van der Waals surface area contributed by atoms with E-state index in [2.05, 4.69) is 4.98 Å². The highest BCUT2D eigenvalue weighted by Gasteiger charge is 2.47. The van der Waals surface area contributed by atoms with Gasteiger partial charge in [0.2, 0.25) is 18.6 Å². The summed E-state index contributed by atoms with van der Waals surface area (Å²) in [4.78, 5) is 31.2. The fourth-order valence-electron chi connectivity index (χ4n) is 3.93. The van der Waals surface area contributed by atoms with Crippen LogP contribution in [0.3, 0.4) is 0 Å². The molecule has 0 radical (unpaired) electrons. The summed E-state index contributed by atoms with van der Waals surface area (Å²) in [6.07, 6.45) is -0.331. The molecule has 3 aromatic rings. The molecule has 1 saturated heterocycles. The van der Waals surface area contributed by atoms with Gasteiger partial charge in [-0.25, -0.2) is 0 Å². The summed E-state index contributed by atoms with van der Waals surface area (Å²) in [5, 5.41) is -0.0336. The lowest BCUT2D eigenvalue weighted by atomic mass is 9.86. The van der Waals surface area contributed by atoms with Crippen LogP contribution in [0.1, 0.15) is 36.5 Å². The molecule has 0 spiro atoms. The number of piperazine rings is 1. The van der Waals surface area contributed by atoms with Crippen LogP contribution in [-0.4, -0.2) is 53.0 Å². The third kappa shape index (κ3) is 2.24. The summed E-state index contributed by atoms with van der Waals surface area (Å²) in [5.74, 6) is -2.67. The molecule has 1 aromatic heterocycles. The topological polar surface area (TPSA) is 74.9 Å². The van der Waals surface area contributed by atoms with Gasteiger partial charge in [0.15, 0.2) is 11.5 Å². The smallest absolute Gasteiger partial charge is 0.245 e. The normalized spacial score (nSPS) is 32.0. The van der Waals surface area contributed by atoms with Crippen molar-refractivity contribution < 1.29 is 32.8 Å². The third-order valence-corrected chi connectivity index (χ3v) is 5.21. The summed E-state index contributed by atoms with van der Waals surface area (Å²) in [6.45, 7) is -3.27. The molecule has 0 unspecified atom stereocenters. The van der Waals surface area contributed by atoms with Gasteiger partial charge in [-0.2, -0.15) is 0 Å². The van der Waals surface area contributed by atoms with E-state index in [4.69, 9.17) is 21.8 Å². The molecule has 0 saturated carbocycles. The molecule has 7 heteroatoms. The number of carbonyl (C=O) groups is 2. The second-order valence-electron chi connectivity index (χ2n) is 6.80. The lowest BCUT2D eigenvalue weighted by molar-refractivity contribution is -0.157. The van der Waals surface area contributed by atoms with Crippen LogP contribution in [0.4, 0.5) is 0 Å². The van der Waals surface area contributed by atoms with Crippen LogP contribution in [0.25, 0.3) is 10.9 Å². The van der Waals surface area contributed by atoms with Crippen molar-refractivity contribution in [3.8, 4) is 11.5 Å². The molecular formula is C22H19N3O4. The number of para-hydroxylation sites is 1. The summed E-state index contributed by atoms with van der Waals surface area (Å²) < 4.78 is 96.0. The number of nitrogens with zero attached hydrogens (tertiary/aromatic N) is 2. The van der Waals surface area contributed by atoms with Crippen molar-refractivity contribution >= 4 is 22.7 Å². The Morgan fingerprint density at radius 2 is 2.03 bits per heavy atom. The van der Waals surface area contributed by atoms with E-state index < -0.39 is 78.2 Å². The van der Waals surface area contributed by atoms with Crippen LogP contribution in [0.15, 0.2) is 42.3 Å². The second-order valence-corrected chi connectivity index (χ2v) is 6.80. The third-order valence-electron chi connectivity index (χ3n) is 5.21. The number of carbonyl (C=O) groups excluding carboxylic acids is 2. The van der Waals surface area contributed by atoms with Crippen LogP contribution in [0.2, 0.25) is 0 Å². The maximum absolute atomic E-state index is 13.7. The van der Waals surface area contributed by atoms with E-state index in [9.17, 15) is 11.0 Å². The lowest BCUT2D eigenvalue weighted by Crippen LogP contribution is -2.62. The Hall–Kier alpha value is -3.48. The van der Waals surface area contributed by atoms with Gasteiger partial charge in [-0.15, -0.1) is 0 Å². The fourth-order valence-corrected chi connectivity index (χ4v) is 3.93. The standard InChI is InChI=1S/C22H19N3O4/c1-24-10-19(26)25-16(22(24)27)9-14-13-4-2-3-5-15(13)23-20(14)21(25)12-6-7-17-18(8-12)29-11-28-17/h2-8,16,21,23H,9-11H2,1H3/t16-,21-/m1/s1/i2D,3D,4D,5D,6D,7D,8D,10D2,21D. The van der Waals surface area contributed by atoms with Gasteiger partial charge in [-0.3, -0.25) is 9.59 Å². The Labute approximate surface area is 180 Å². The van der Waals surface area contributed by atoms with Gasteiger partial charge in [0.05, 0.1) is 26.2 Å². The van der Waals surface area contributed by atoms with Crippen molar-refractivity contribution in [1.29, 1.82) is 0 Å². The summed E-state index contributed by atoms with van der Waals surface area (Å²) in [5.41, 5.74) is -0.870. The molecular weight excluding hydrogens is 370 g/mol. The number of nitrogens with one attached hydrogen (secondary N) is 1. The Balaban J connectivity index is 1.79. The van der Waals surface area contributed by atoms with E-state index in [-0.39, 0.29) is 46.9 Å². The Morgan fingerprint density at radius 3 is 2.93 bits per heavy atom. The molecule has 4 heterocycles. The highest BCUT2D eigenvalue weighted by atomic mass is 16.7. The fraction of sp³-hybridized carbons (Fsp3) is 0.273. The average Bonchev–Trinajstić information content (AvgIpc) is 3.54. The molecule has 6 rings (SSSR count). The maximum Gasteiger partial charge on any atom is 0.245 e. The molecule has 2 atom stereocenters. The minimum absolute atomic E-state index is 0.0336. The van der Waals surface area contributed by atoms with Gasteiger partial charge in [0.1, 0.15) is 6.04 Å². The summed E-state index contributed by atoms with van der Waals surface area (Å²) in [6, 6.07) is -8.16. The van der Waals surface area contributed by atoms with E-state index in [1.54, 1.807) is 0 Å². The number of hydrogen-bond donors (Lipinski definition) is 1. The van der Waals surface area contributed by atoms with E-state index in [1.165, 1.54) is 0 Å². The zero-order chi connectivity index (χ0) is 28.5. The number of likely N-dealkylation sites (N-methyl/N-ethyl adjacent to an activating group) is 1. The number of hydrogen-bond acceptors (Lipinski definition) is 4. The lowest BCUT2D eigenvalue weighted by Gasteiger charge is -2.46. The van der Waals surface area contributed by atoms with Crippen LogP contribution in [0, 0.1) is 0 Å². The van der Waals surface area contributed by atoms with E-state index in [0.29, 0.717) is 9.80 Å². The number of fused-ring (bicyclic) bond motifs is 5. The Bertz CT molecular complexity index is 1670. The Morgan fingerprint density at radius 1 is 1.21 bits per heavy atom. The molecule has 146 valence electrons. The first-order valence-electron chi connectivity index (χ1n) is 13.8. The number of H-pyrrole nitrogens is 1. The van der Waals surface area contributed by atoms with Crippen LogP contribution < -0.4 is 9.47 Å². The molecule has 3 aliphatic rings. The predicted octanol–water partition coefficient (Wildman–Crippen LogP) is 2.21. The molecule has 1 fully saturated rings. The van der Waals surface area contributed by atoms with E-state index >= 15 is 0 Å². The molecule has 3 aliphatic heterocycles. The van der Waals surface area contributed by atoms with Crippen molar-refractivity contribution in [2.45, 2.75) is 18.5 Å². The molecule has 2 amide bonds. The van der Waals surface area contributed by atoms with Crippen LogP contribution >= 0.6 is 0 Å². The second kappa shape index (κ2) is 5.76. The average molecular weight is 399 g/mol. The zero-order valence-corrected chi connectivity index (χ0v) is 15.0. The predicted molar refractivity (Wildman–Crippen MR) is 105 cm³/mol. The van der Waals surface area contributed by atoms with Crippen LogP contribution in [0.5, 0.6) is 11.5 Å². The van der Waals surface area contributed by atoms with Gasteiger partial charge in [0.25, 0.3) is 0 Å². The number of benzene rings is 2. The largest absolute Gasteiger partial charge is 0.454 e. The molecule has 29 heavy (non-hydrogen) atoms. The Kier molecular flexibility index (Phi) is 1.86.